The number of aromatic nitrogens is 3. The minimum Gasteiger partial charge on any atom is -0.456 e. The van der Waals surface area contributed by atoms with Crippen molar-refractivity contribution >= 4 is 21.9 Å². The molecule has 0 unspecified atom stereocenters. The lowest BCUT2D eigenvalue weighted by atomic mass is 9.91. The first-order chi connectivity index (χ1) is 30.2. The first kappa shape index (κ1) is 35.9. The molecule has 286 valence electrons. The van der Waals surface area contributed by atoms with Crippen LogP contribution in [0.3, 0.4) is 0 Å². The minimum absolute atomic E-state index is 0.570. The Morgan fingerprint density at radius 3 is 1.11 bits per heavy atom. The van der Waals surface area contributed by atoms with Crippen LogP contribution >= 0.6 is 0 Å². The highest BCUT2D eigenvalue weighted by Gasteiger charge is 2.19. The summed E-state index contributed by atoms with van der Waals surface area (Å²) in [5.74, 6) is 1.77. The van der Waals surface area contributed by atoms with Gasteiger partial charge in [-0.25, -0.2) is 15.0 Å². The molecule has 0 bridgehead atoms. The molecule has 11 aromatic rings. The lowest BCUT2D eigenvalue weighted by Crippen LogP contribution is -2.00. The summed E-state index contributed by atoms with van der Waals surface area (Å²) in [4.78, 5) is 15.4. The summed E-state index contributed by atoms with van der Waals surface area (Å²) in [7, 11) is 0. The van der Waals surface area contributed by atoms with E-state index in [0.717, 1.165) is 83.1 Å². The molecular formula is C57H37N3O. The number of furan rings is 1. The fourth-order valence-corrected chi connectivity index (χ4v) is 8.28. The van der Waals surface area contributed by atoms with E-state index in [9.17, 15) is 0 Å². The molecular weight excluding hydrogens is 743 g/mol. The van der Waals surface area contributed by atoms with Crippen LogP contribution in [0.15, 0.2) is 229 Å². The van der Waals surface area contributed by atoms with Crippen molar-refractivity contribution < 1.29 is 4.42 Å². The molecule has 0 saturated heterocycles. The summed E-state index contributed by atoms with van der Waals surface area (Å²) in [5, 5.41) is 2.10. The summed E-state index contributed by atoms with van der Waals surface area (Å²) in [6.45, 7) is 0. The van der Waals surface area contributed by atoms with E-state index >= 15 is 0 Å². The van der Waals surface area contributed by atoms with Crippen molar-refractivity contribution in [3.63, 3.8) is 0 Å². The molecule has 0 aliphatic carbocycles. The third kappa shape index (κ3) is 7.07. The van der Waals surface area contributed by atoms with Gasteiger partial charge in [-0.15, -0.1) is 0 Å². The van der Waals surface area contributed by atoms with E-state index in [0.29, 0.717) is 17.5 Å². The standard InChI is InChI=1S/C57H37N3O/c1-6-17-38(18-7-1)44-31-45(39-19-8-2-9-20-39)34-48(33-44)50-27-16-28-52-54(50)51-30-29-43(37-53(51)61-52)56-58-55(42-25-14-5-15-26-42)59-57(60-56)49-35-46(40-21-10-3-11-22-40)32-47(36-49)41-23-12-4-13-24-41/h1-37H. The van der Waals surface area contributed by atoms with Crippen molar-refractivity contribution in [2.75, 3.05) is 0 Å². The predicted octanol–water partition coefficient (Wildman–Crippen LogP) is 15.1. The molecule has 0 N–H and O–H groups in total. The maximum absolute atomic E-state index is 6.69. The zero-order chi connectivity index (χ0) is 40.5. The number of nitrogens with zero attached hydrogens (tertiary/aromatic N) is 3. The molecule has 61 heavy (non-hydrogen) atoms. The molecule has 4 heteroatoms. The molecule has 2 aromatic heterocycles. The number of benzene rings is 9. The number of rotatable bonds is 8. The van der Waals surface area contributed by atoms with Gasteiger partial charge in [0.05, 0.1) is 0 Å². The largest absolute Gasteiger partial charge is 0.456 e. The van der Waals surface area contributed by atoms with Crippen LogP contribution < -0.4 is 0 Å². The fraction of sp³-hybridized carbons (Fsp3) is 0. The predicted molar refractivity (Wildman–Crippen MR) is 251 cm³/mol. The van der Waals surface area contributed by atoms with Gasteiger partial charge in [-0.3, -0.25) is 0 Å². The van der Waals surface area contributed by atoms with Crippen LogP contribution in [0, 0.1) is 0 Å². The van der Waals surface area contributed by atoms with Gasteiger partial charge in [0.2, 0.25) is 0 Å². The summed E-state index contributed by atoms with van der Waals surface area (Å²) >= 11 is 0. The summed E-state index contributed by atoms with van der Waals surface area (Å²) in [5.41, 5.74) is 15.6. The van der Waals surface area contributed by atoms with E-state index in [-0.39, 0.29) is 0 Å². The highest BCUT2D eigenvalue weighted by Crippen LogP contribution is 2.41. The van der Waals surface area contributed by atoms with Crippen LogP contribution in [0.5, 0.6) is 0 Å². The van der Waals surface area contributed by atoms with E-state index in [1.165, 1.54) is 11.1 Å². The Bertz CT molecular complexity index is 3210. The normalized spacial score (nSPS) is 11.3. The molecule has 0 aliphatic heterocycles. The van der Waals surface area contributed by atoms with Crippen molar-refractivity contribution in [1.82, 2.24) is 15.0 Å². The lowest BCUT2D eigenvalue weighted by Gasteiger charge is -2.12. The Morgan fingerprint density at radius 2 is 0.639 bits per heavy atom. The summed E-state index contributed by atoms with van der Waals surface area (Å²) < 4.78 is 6.69. The Kier molecular flexibility index (Phi) is 9.14. The molecule has 0 atom stereocenters. The number of hydrogen-bond donors (Lipinski definition) is 0. The zero-order valence-electron chi connectivity index (χ0n) is 33.1. The second-order valence-electron chi connectivity index (χ2n) is 15.2. The smallest absolute Gasteiger partial charge is 0.164 e. The van der Waals surface area contributed by atoms with Crippen molar-refractivity contribution in [3.8, 4) is 89.8 Å². The van der Waals surface area contributed by atoms with E-state index in [2.05, 4.69) is 182 Å². The van der Waals surface area contributed by atoms with Crippen LogP contribution in [0.2, 0.25) is 0 Å². The lowest BCUT2D eigenvalue weighted by molar-refractivity contribution is 0.669. The Balaban J connectivity index is 1.07. The van der Waals surface area contributed by atoms with Gasteiger partial charge >= 0.3 is 0 Å². The van der Waals surface area contributed by atoms with Gasteiger partial charge in [0, 0.05) is 27.5 Å². The molecule has 0 saturated carbocycles. The van der Waals surface area contributed by atoms with E-state index in [1.807, 2.05) is 42.5 Å². The molecule has 0 fully saturated rings. The first-order valence-electron chi connectivity index (χ1n) is 20.5. The van der Waals surface area contributed by atoms with Gasteiger partial charge in [0.25, 0.3) is 0 Å². The maximum Gasteiger partial charge on any atom is 0.164 e. The van der Waals surface area contributed by atoms with Gasteiger partial charge in [-0.05, 0) is 110 Å². The van der Waals surface area contributed by atoms with E-state index in [1.54, 1.807) is 0 Å². The van der Waals surface area contributed by atoms with Gasteiger partial charge in [0.15, 0.2) is 17.5 Å². The Hall–Kier alpha value is -8.21. The van der Waals surface area contributed by atoms with Crippen LogP contribution in [0.25, 0.3) is 112 Å². The minimum atomic E-state index is 0.570. The summed E-state index contributed by atoms with van der Waals surface area (Å²) in [6.07, 6.45) is 0. The van der Waals surface area contributed by atoms with Crippen LogP contribution in [-0.4, -0.2) is 15.0 Å². The second-order valence-corrected chi connectivity index (χ2v) is 15.2. The molecule has 0 spiro atoms. The quantitative estimate of drug-likeness (QED) is 0.154. The van der Waals surface area contributed by atoms with E-state index < -0.39 is 0 Å². The third-order valence-electron chi connectivity index (χ3n) is 11.3. The summed E-state index contributed by atoms with van der Waals surface area (Å²) in [6, 6.07) is 78.3. The second kappa shape index (κ2) is 15.5. The molecule has 0 radical (unpaired) electrons. The average Bonchev–Trinajstić information content (AvgIpc) is 3.73. The van der Waals surface area contributed by atoms with Crippen molar-refractivity contribution in [1.29, 1.82) is 0 Å². The van der Waals surface area contributed by atoms with Gasteiger partial charge in [-0.1, -0.05) is 170 Å². The Labute approximate surface area is 354 Å². The van der Waals surface area contributed by atoms with Crippen molar-refractivity contribution in [2.45, 2.75) is 0 Å². The first-order valence-corrected chi connectivity index (χ1v) is 20.5. The molecule has 4 nitrogen and oxygen atoms in total. The number of hydrogen-bond acceptors (Lipinski definition) is 4. The van der Waals surface area contributed by atoms with Crippen LogP contribution in [-0.2, 0) is 0 Å². The van der Waals surface area contributed by atoms with Gasteiger partial charge < -0.3 is 4.42 Å². The van der Waals surface area contributed by atoms with E-state index in [4.69, 9.17) is 19.4 Å². The monoisotopic (exact) mass is 779 g/mol. The third-order valence-corrected chi connectivity index (χ3v) is 11.3. The highest BCUT2D eigenvalue weighted by molar-refractivity contribution is 6.13. The van der Waals surface area contributed by atoms with Gasteiger partial charge in [-0.2, -0.15) is 0 Å². The highest BCUT2D eigenvalue weighted by atomic mass is 16.3. The molecule has 0 amide bonds. The molecule has 0 aliphatic rings. The Morgan fingerprint density at radius 1 is 0.246 bits per heavy atom. The average molecular weight is 780 g/mol. The van der Waals surface area contributed by atoms with Crippen molar-refractivity contribution in [3.05, 3.63) is 224 Å². The molecule has 11 rings (SSSR count). The fourth-order valence-electron chi connectivity index (χ4n) is 8.28. The topological polar surface area (TPSA) is 51.8 Å². The van der Waals surface area contributed by atoms with Gasteiger partial charge in [0.1, 0.15) is 11.2 Å². The molecule has 2 heterocycles. The maximum atomic E-state index is 6.69. The SMILES string of the molecule is c1ccc(-c2cc(-c3ccccc3)cc(-c3nc(-c4ccccc4)nc(-c4ccc5c(c4)oc4cccc(-c6cc(-c7ccccc7)cc(-c7ccccc7)c6)c45)n3)c2)cc1. The van der Waals surface area contributed by atoms with Crippen LogP contribution in [0.4, 0.5) is 0 Å². The molecule has 9 aromatic carbocycles. The van der Waals surface area contributed by atoms with Crippen molar-refractivity contribution in [2.24, 2.45) is 0 Å². The zero-order valence-corrected chi connectivity index (χ0v) is 33.1. The number of fused-ring (bicyclic) bond motifs is 3. The van der Waals surface area contributed by atoms with Crippen LogP contribution in [0.1, 0.15) is 0 Å².